The summed E-state index contributed by atoms with van der Waals surface area (Å²) in [6.07, 6.45) is 17.4. The first-order valence-corrected chi connectivity index (χ1v) is 18.7. The predicted octanol–water partition coefficient (Wildman–Crippen LogP) is 2.58. The van der Waals surface area contributed by atoms with E-state index >= 15 is 0 Å². The summed E-state index contributed by atoms with van der Waals surface area (Å²) < 4.78 is 5.87. The first-order chi connectivity index (χ1) is 17.6. The minimum atomic E-state index is -2.23. The molecule has 0 atom stereocenters. The first-order valence-electron chi connectivity index (χ1n) is 15.0. The van der Waals surface area contributed by atoms with E-state index in [9.17, 15) is 0 Å². The number of allylic oxidation sites excluding steroid dienone is 4. The second-order valence-corrected chi connectivity index (χ2v) is 21.2. The van der Waals surface area contributed by atoms with Crippen molar-refractivity contribution in [1.29, 1.82) is 0 Å². The van der Waals surface area contributed by atoms with Crippen LogP contribution in [-0.2, 0) is 38.5 Å². The normalized spacial score (nSPS) is 25.9. The molecule has 4 bridgehead atoms. The van der Waals surface area contributed by atoms with Crippen molar-refractivity contribution in [2.75, 3.05) is 0 Å². The maximum absolute atomic E-state index is 2.75. The molecule has 0 unspecified atom stereocenters. The zero-order chi connectivity index (χ0) is 25.7. The zero-order valence-corrected chi connectivity index (χ0v) is 28.6. The maximum Gasteiger partial charge on any atom is -1.00 e. The van der Waals surface area contributed by atoms with Gasteiger partial charge in [-0.1, -0.05) is 0 Å². The van der Waals surface area contributed by atoms with Crippen LogP contribution in [0.3, 0.4) is 0 Å². The molecule has 0 amide bonds. The van der Waals surface area contributed by atoms with E-state index in [0.717, 1.165) is 30.1 Å². The Labute approximate surface area is 257 Å². The largest absolute Gasteiger partial charge is 1.00 e. The van der Waals surface area contributed by atoms with Gasteiger partial charge in [-0.25, -0.2) is 0 Å². The van der Waals surface area contributed by atoms with Crippen LogP contribution >= 0.6 is 0 Å². The van der Waals surface area contributed by atoms with Gasteiger partial charge in [-0.2, -0.15) is 0 Å². The van der Waals surface area contributed by atoms with Gasteiger partial charge in [0.2, 0.25) is 0 Å². The molecular formula is C36H44Cl2Zr. The summed E-state index contributed by atoms with van der Waals surface area (Å²) in [6, 6.07) is 12.8. The summed E-state index contributed by atoms with van der Waals surface area (Å²) in [4.78, 5) is 0. The number of hydrogen-bond acceptors (Lipinski definition) is 0. The smallest absolute Gasteiger partial charge is 1.00 e. The van der Waals surface area contributed by atoms with Crippen molar-refractivity contribution in [1.82, 2.24) is 0 Å². The van der Waals surface area contributed by atoms with Gasteiger partial charge < -0.3 is 24.8 Å². The van der Waals surface area contributed by atoms with Crippen LogP contribution in [0.2, 0.25) is 0 Å². The molecular weight excluding hydrogens is 595 g/mol. The number of halogens is 2. The molecule has 0 aromatic heterocycles. The van der Waals surface area contributed by atoms with E-state index in [-0.39, 0.29) is 35.6 Å². The molecule has 6 aliphatic carbocycles. The number of hydrogen-bond donors (Lipinski definition) is 0. The zero-order valence-electron chi connectivity index (χ0n) is 24.6. The van der Waals surface area contributed by atoms with Gasteiger partial charge in [-0.15, -0.1) is 0 Å². The number of benzene rings is 2. The van der Waals surface area contributed by atoms with Crippen LogP contribution in [0, 0.1) is 23.7 Å². The van der Waals surface area contributed by atoms with Crippen LogP contribution in [0.25, 0.3) is 11.1 Å². The molecule has 206 valence electrons. The van der Waals surface area contributed by atoms with Gasteiger partial charge >= 0.3 is 234 Å². The van der Waals surface area contributed by atoms with Crippen molar-refractivity contribution in [3.63, 3.8) is 0 Å². The average Bonchev–Trinajstić information content (AvgIpc) is 3.47. The Hall–Kier alpha value is -0.747. The summed E-state index contributed by atoms with van der Waals surface area (Å²) in [6.45, 7) is 14.3. The van der Waals surface area contributed by atoms with Crippen LogP contribution in [0.15, 0.2) is 51.8 Å². The molecule has 0 aliphatic heterocycles. The van der Waals surface area contributed by atoms with Crippen LogP contribution < -0.4 is 28.1 Å². The molecule has 0 heterocycles. The Balaban J connectivity index is 0.00000154. The summed E-state index contributed by atoms with van der Waals surface area (Å²) >= 11 is -2.23. The standard InChI is InChI=1S/C21H25.C10H14.C5H5.2ClH.Zr/c1-20(2,3)16-9-7-14-11-15-8-10-17(21(4,5)6)13-19(15)18(14)12-16;1-7-2-9-4-8(1)5-10(3-7)6-9;1-2-4-5-3-1;;;/h7,9-10,12-13H,11H2,1-6H3;7-10H,1-5H2;1-3H,4H2;2*1H;/q;;;;;+2/p-2. The average molecular weight is 639 g/mol. The molecule has 39 heavy (non-hydrogen) atoms. The predicted molar refractivity (Wildman–Crippen MR) is 156 cm³/mol. The van der Waals surface area contributed by atoms with E-state index in [2.05, 4.69) is 93.3 Å². The van der Waals surface area contributed by atoms with Crippen LogP contribution in [0.5, 0.6) is 0 Å². The van der Waals surface area contributed by atoms with Gasteiger partial charge in [0.1, 0.15) is 0 Å². The van der Waals surface area contributed by atoms with Crippen LogP contribution in [0.1, 0.15) is 102 Å². The van der Waals surface area contributed by atoms with Crippen molar-refractivity contribution < 1.29 is 46.1 Å². The molecule has 4 fully saturated rings. The minimum absolute atomic E-state index is 0. The number of fused-ring (bicyclic) bond motifs is 3. The van der Waals surface area contributed by atoms with Gasteiger partial charge in [0.25, 0.3) is 0 Å². The molecule has 4 saturated carbocycles. The Kier molecular flexibility index (Phi) is 8.01. The van der Waals surface area contributed by atoms with E-state index in [1.807, 2.05) is 6.55 Å². The third-order valence-electron chi connectivity index (χ3n) is 10.4. The monoisotopic (exact) mass is 636 g/mol. The van der Waals surface area contributed by atoms with Gasteiger partial charge in [-0.05, 0) is 0 Å². The van der Waals surface area contributed by atoms with Crippen molar-refractivity contribution >= 4 is 6.48 Å². The van der Waals surface area contributed by atoms with Crippen molar-refractivity contribution in [2.45, 2.75) is 97.3 Å². The van der Waals surface area contributed by atoms with Gasteiger partial charge in [0, 0.05) is 0 Å². The summed E-state index contributed by atoms with van der Waals surface area (Å²) in [7, 11) is 0. The summed E-state index contributed by atoms with van der Waals surface area (Å²) in [5, 5.41) is 0. The molecule has 2 aromatic carbocycles. The molecule has 8 rings (SSSR count). The Morgan fingerprint density at radius 1 is 0.718 bits per heavy atom. The Morgan fingerprint density at radius 2 is 1.33 bits per heavy atom. The van der Waals surface area contributed by atoms with E-state index in [0.29, 0.717) is 0 Å². The topological polar surface area (TPSA) is 0 Å². The molecule has 3 heteroatoms. The van der Waals surface area contributed by atoms with Crippen molar-refractivity contribution in [2.24, 2.45) is 23.7 Å². The first kappa shape index (κ1) is 29.7. The number of rotatable bonds is 2. The third kappa shape index (κ3) is 5.10. The maximum atomic E-state index is 2.75. The van der Waals surface area contributed by atoms with E-state index in [1.54, 1.807) is 28.7 Å². The Morgan fingerprint density at radius 3 is 1.90 bits per heavy atom. The second-order valence-electron chi connectivity index (χ2n) is 15.1. The fourth-order valence-electron chi connectivity index (χ4n) is 8.64. The molecule has 0 spiro atoms. The SMILES string of the molecule is CC(C)(C)c1ccc2c(c1)-c1cc(C(C)(C)C)c[c]([Zr+2]([C]3=CC=CC3)=[C]3C4CC5CC(C4)CC3C5)c1C2.[Cl-].[Cl-]. The molecule has 0 N–H and O–H groups in total. The van der Waals surface area contributed by atoms with Crippen LogP contribution in [0.4, 0.5) is 0 Å². The minimum Gasteiger partial charge on any atom is -1.00 e. The molecule has 0 saturated heterocycles. The second kappa shape index (κ2) is 10.5. The van der Waals surface area contributed by atoms with Crippen molar-refractivity contribution in [3.05, 3.63) is 74.1 Å². The van der Waals surface area contributed by atoms with Gasteiger partial charge in [-0.3, -0.25) is 0 Å². The quantitative estimate of drug-likeness (QED) is 0.405. The van der Waals surface area contributed by atoms with Crippen LogP contribution in [-0.4, -0.2) is 3.21 Å². The molecule has 0 nitrogen and oxygen atoms in total. The molecule has 0 radical (unpaired) electrons. The van der Waals surface area contributed by atoms with E-state index in [4.69, 9.17) is 0 Å². The van der Waals surface area contributed by atoms with Crippen molar-refractivity contribution in [3.8, 4) is 11.1 Å². The molecule has 2 aromatic rings. The van der Waals surface area contributed by atoms with E-state index < -0.39 is 21.3 Å². The third-order valence-corrected chi connectivity index (χ3v) is 18.8. The summed E-state index contributed by atoms with van der Waals surface area (Å²) in [5.41, 5.74) is 9.77. The fourth-order valence-corrected chi connectivity index (χ4v) is 17.8. The van der Waals surface area contributed by atoms with Gasteiger partial charge in [0.05, 0.1) is 0 Å². The Bertz CT molecular complexity index is 1360. The molecule has 6 aliphatic rings. The fraction of sp³-hybridized carbons (Fsp3) is 0.528. The summed E-state index contributed by atoms with van der Waals surface area (Å²) in [5.74, 6) is 3.96. The van der Waals surface area contributed by atoms with E-state index in [1.165, 1.54) is 43.2 Å². The van der Waals surface area contributed by atoms with Gasteiger partial charge in [0.15, 0.2) is 0 Å².